The van der Waals surface area contributed by atoms with Crippen LogP contribution in [0.2, 0.25) is 0 Å². The van der Waals surface area contributed by atoms with Crippen molar-refractivity contribution in [2.75, 3.05) is 31.6 Å². The molecule has 0 saturated carbocycles. The van der Waals surface area contributed by atoms with Gasteiger partial charge in [0.25, 0.3) is 5.91 Å². The Bertz CT molecular complexity index is 1290. The number of benzene rings is 2. The first-order valence-corrected chi connectivity index (χ1v) is 13.6. The van der Waals surface area contributed by atoms with Crippen molar-refractivity contribution in [1.82, 2.24) is 20.9 Å². The molecule has 10 heteroatoms. The van der Waals surface area contributed by atoms with Gasteiger partial charge in [-0.25, -0.2) is 13.6 Å². The fourth-order valence-corrected chi connectivity index (χ4v) is 7.41. The lowest BCUT2D eigenvalue weighted by molar-refractivity contribution is -0.117. The summed E-state index contributed by atoms with van der Waals surface area (Å²) in [5.74, 6) is -2.04. The van der Waals surface area contributed by atoms with E-state index in [9.17, 15) is 18.4 Å². The Labute approximate surface area is 218 Å². The Morgan fingerprint density at radius 2 is 2.00 bits per heavy atom. The van der Waals surface area contributed by atoms with Crippen molar-refractivity contribution < 1.29 is 18.4 Å². The minimum Gasteiger partial charge on any atom is -0.348 e. The van der Waals surface area contributed by atoms with E-state index in [1.165, 1.54) is 23.9 Å². The molecule has 4 aliphatic rings. The van der Waals surface area contributed by atoms with Crippen LogP contribution in [0.3, 0.4) is 0 Å². The van der Waals surface area contributed by atoms with Crippen molar-refractivity contribution in [3.8, 4) is 11.1 Å². The van der Waals surface area contributed by atoms with Gasteiger partial charge in [-0.3, -0.25) is 9.69 Å². The highest BCUT2D eigenvalue weighted by atomic mass is 32.2. The normalized spacial score (nSPS) is 27.6. The number of thioether (sulfide) groups is 1. The number of urea groups is 1. The van der Waals surface area contributed by atoms with Crippen LogP contribution in [0, 0.1) is 17.6 Å². The molecule has 6 rings (SSSR count). The van der Waals surface area contributed by atoms with Gasteiger partial charge in [-0.1, -0.05) is 36.0 Å². The number of carbonyl (C=O) groups excluding carboxylic acids is 2. The maximum atomic E-state index is 14.5. The lowest BCUT2D eigenvalue weighted by atomic mass is 9.86. The lowest BCUT2D eigenvalue weighted by Gasteiger charge is -2.45. The minimum absolute atomic E-state index is 0.0320. The largest absolute Gasteiger partial charge is 0.348 e. The van der Waals surface area contributed by atoms with E-state index < -0.39 is 11.6 Å². The zero-order valence-electron chi connectivity index (χ0n) is 20.5. The summed E-state index contributed by atoms with van der Waals surface area (Å²) < 4.78 is 28.4. The summed E-state index contributed by atoms with van der Waals surface area (Å²) in [6, 6.07) is 10.7. The number of nitrogens with zero attached hydrogens (tertiary/aromatic N) is 2. The van der Waals surface area contributed by atoms with Crippen molar-refractivity contribution in [2.45, 2.75) is 36.7 Å². The van der Waals surface area contributed by atoms with Crippen LogP contribution in [0.25, 0.3) is 11.1 Å². The van der Waals surface area contributed by atoms with Crippen LogP contribution in [0.4, 0.5) is 19.3 Å². The molecule has 2 aromatic carbocycles. The van der Waals surface area contributed by atoms with Crippen molar-refractivity contribution in [2.24, 2.45) is 5.92 Å². The number of carbonyl (C=O) groups is 2. The molecule has 3 unspecified atom stereocenters. The van der Waals surface area contributed by atoms with Gasteiger partial charge < -0.3 is 20.9 Å². The highest BCUT2D eigenvalue weighted by Crippen LogP contribution is 2.48. The highest BCUT2D eigenvalue weighted by molar-refractivity contribution is 8.04. The van der Waals surface area contributed by atoms with Gasteiger partial charge in [-0.2, -0.15) is 0 Å². The summed E-state index contributed by atoms with van der Waals surface area (Å²) in [5, 5.41) is 9.67. The topological polar surface area (TPSA) is 76.7 Å². The second-order valence-corrected chi connectivity index (χ2v) is 11.3. The first-order chi connectivity index (χ1) is 17.9. The number of rotatable bonds is 4. The maximum absolute atomic E-state index is 14.5. The molecule has 4 aliphatic heterocycles. The number of likely N-dealkylation sites (N-methyl/N-ethyl adjacent to an activating group) is 1. The number of halogens is 2. The predicted octanol–water partition coefficient (Wildman–Crippen LogP) is 3.63. The van der Waals surface area contributed by atoms with Gasteiger partial charge in [0.15, 0.2) is 11.6 Å². The maximum Gasteiger partial charge on any atom is 0.326 e. The molecular weight excluding hydrogens is 496 g/mol. The second-order valence-electron chi connectivity index (χ2n) is 10.1. The number of hydrogen-bond donors (Lipinski definition) is 3. The molecule has 0 spiro atoms. The second kappa shape index (κ2) is 9.74. The van der Waals surface area contributed by atoms with Gasteiger partial charge in [-0.05, 0) is 63.2 Å². The zero-order valence-corrected chi connectivity index (χ0v) is 21.3. The van der Waals surface area contributed by atoms with Gasteiger partial charge >= 0.3 is 6.03 Å². The van der Waals surface area contributed by atoms with Crippen LogP contribution in [-0.4, -0.2) is 61.0 Å². The Kier molecular flexibility index (Phi) is 6.42. The molecule has 3 saturated heterocycles. The van der Waals surface area contributed by atoms with E-state index in [1.807, 2.05) is 0 Å². The number of nitrogens with one attached hydrogen (secondary N) is 3. The summed E-state index contributed by atoms with van der Waals surface area (Å²) >= 11 is 1.48. The van der Waals surface area contributed by atoms with Crippen LogP contribution in [0.5, 0.6) is 0 Å². The van der Waals surface area contributed by atoms with Crippen molar-refractivity contribution in [3.05, 3.63) is 64.7 Å². The zero-order chi connectivity index (χ0) is 25.7. The fourth-order valence-electron chi connectivity index (χ4n) is 6.01. The van der Waals surface area contributed by atoms with Gasteiger partial charge in [0, 0.05) is 35.5 Å². The Hall–Kier alpha value is -2.95. The SMILES string of the molecule is CN1CCC[C@@H](NC(=O)C2=C3NC(=O)N(c4cccc(-c5cccc(F)c5F)c4)C4CCNC(S2)C34)C1. The molecule has 37 heavy (non-hydrogen) atoms. The Balaban J connectivity index is 1.30. The quantitative estimate of drug-likeness (QED) is 0.569. The van der Waals surface area contributed by atoms with E-state index in [1.54, 1.807) is 29.2 Å². The van der Waals surface area contributed by atoms with Crippen LogP contribution >= 0.6 is 11.8 Å². The molecule has 4 atom stereocenters. The van der Waals surface area contributed by atoms with Gasteiger partial charge in [0.2, 0.25) is 0 Å². The molecule has 0 radical (unpaired) electrons. The molecule has 0 aromatic heterocycles. The average Bonchev–Trinajstić information content (AvgIpc) is 3.25. The Morgan fingerprint density at radius 1 is 1.16 bits per heavy atom. The molecule has 194 valence electrons. The van der Waals surface area contributed by atoms with E-state index in [0.29, 0.717) is 34.8 Å². The van der Waals surface area contributed by atoms with Crippen molar-refractivity contribution in [1.29, 1.82) is 0 Å². The van der Waals surface area contributed by atoms with Crippen LogP contribution < -0.4 is 20.9 Å². The minimum atomic E-state index is -0.915. The molecule has 7 nitrogen and oxygen atoms in total. The third kappa shape index (κ3) is 4.41. The average molecular weight is 526 g/mol. The van der Waals surface area contributed by atoms with Crippen LogP contribution in [0.15, 0.2) is 53.1 Å². The fraction of sp³-hybridized carbons (Fsp3) is 0.407. The molecule has 0 bridgehead atoms. The van der Waals surface area contributed by atoms with E-state index >= 15 is 0 Å². The van der Waals surface area contributed by atoms with E-state index in [0.717, 1.165) is 32.0 Å². The van der Waals surface area contributed by atoms with Crippen molar-refractivity contribution >= 4 is 29.4 Å². The molecule has 0 aliphatic carbocycles. The first kappa shape index (κ1) is 24.4. The first-order valence-electron chi connectivity index (χ1n) is 12.7. The van der Waals surface area contributed by atoms with E-state index in [4.69, 9.17) is 0 Å². The smallest absolute Gasteiger partial charge is 0.326 e. The third-order valence-electron chi connectivity index (χ3n) is 7.69. The molecule has 4 heterocycles. The summed E-state index contributed by atoms with van der Waals surface area (Å²) in [6.07, 6.45) is 2.69. The van der Waals surface area contributed by atoms with Crippen LogP contribution in [0.1, 0.15) is 19.3 Å². The number of amides is 3. The summed E-state index contributed by atoms with van der Waals surface area (Å²) in [5.41, 5.74) is 1.93. The number of anilines is 1. The highest BCUT2D eigenvalue weighted by Gasteiger charge is 2.51. The van der Waals surface area contributed by atoms with Crippen LogP contribution in [-0.2, 0) is 4.79 Å². The number of likely N-dealkylation sites (tertiary alicyclic amines) is 1. The van der Waals surface area contributed by atoms with Gasteiger partial charge in [0.05, 0.1) is 16.3 Å². The molecule has 3 fully saturated rings. The lowest BCUT2D eigenvalue weighted by Crippen LogP contribution is -2.62. The summed E-state index contributed by atoms with van der Waals surface area (Å²) in [7, 11) is 2.06. The monoisotopic (exact) mass is 525 g/mol. The number of piperidine rings is 2. The Morgan fingerprint density at radius 3 is 2.84 bits per heavy atom. The van der Waals surface area contributed by atoms with Crippen molar-refractivity contribution in [3.63, 3.8) is 0 Å². The summed E-state index contributed by atoms with van der Waals surface area (Å²) in [4.78, 5) is 31.3. The predicted molar refractivity (Wildman–Crippen MR) is 140 cm³/mol. The molecular formula is C27H29F2N5O2S. The van der Waals surface area contributed by atoms with E-state index in [-0.39, 0.29) is 40.9 Å². The van der Waals surface area contributed by atoms with Gasteiger partial charge in [0.1, 0.15) is 0 Å². The molecule has 2 aromatic rings. The summed E-state index contributed by atoms with van der Waals surface area (Å²) in [6.45, 7) is 2.55. The molecule has 3 amide bonds. The standard InChI is InChI=1S/C27H29F2N5O2S/c1-33-12-4-6-16(14-33)31-25(35)24-23-21-20(10-11-30-26(21)37-24)34(27(36)32-23)17-7-2-5-15(13-17)18-8-3-9-19(28)22(18)29/h2-3,5,7-9,13,16,20-21,26,30H,4,6,10-12,14H2,1H3,(H,31,35)(H,32,36)/t16-,20?,21?,26?/m1/s1. The number of hydrogen-bond acceptors (Lipinski definition) is 5. The van der Waals surface area contributed by atoms with E-state index in [2.05, 4.69) is 27.9 Å². The molecule has 3 N–H and O–H groups in total. The third-order valence-corrected chi connectivity index (χ3v) is 9.05. The van der Waals surface area contributed by atoms with Gasteiger partial charge in [-0.15, -0.1) is 0 Å².